The monoisotopic (exact) mass is 375 g/mol. The average Bonchev–Trinajstić information content (AvgIpc) is 2.64. The van der Waals surface area contributed by atoms with E-state index < -0.39 is 18.1 Å². The third kappa shape index (κ3) is 3.06. The second-order valence-corrected chi connectivity index (χ2v) is 4.14. The maximum absolute atomic E-state index is 13.7. The molecule has 0 fully saturated rings. The number of aromatic nitrogens is 2. The molecule has 1 heterocycles. The van der Waals surface area contributed by atoms with Gasteiger partial charge in [-0.15, -0.1) is 0 Å². The van der Waals surface area contributed by atoms with Crippen LogP contribution in [0.15, 0.2) is 30.3 Å². The first-order chi connectivity index (χ1) is 8.52. The summed E-state index contributed by atoms with van der Waals surface area (Å²) in [5.41, 5.74) is 0.429. The van der Waals surface area contributed by atoms with Gasteiger partial charge in [-0.05, 0) is 12.5 Å². The van der Waals surface area contributed by atoms with Gasteiger partial charge in [0.05, 0.1) is 6.04 Å². The summed E-state index contributed by atoms with van der Waals surface area (Å²) in [7, 11) is 0. The normalized spacial score (nSPS) is 11.7. The number of aromatic carboxylic acids is 1. The Bertz CT molecular complexity index is 589. The van der Waals surface area contributed by atoms with E-state index in [1.54, 1.807) is 31.2 Å². The molecule has 4 nitrogen and oxygen atoms in total. The summed E-state index contributed by atoms with van der Waals surface area (Å²) in [4.78, 5) is 14.4. The number of halogens is 2. The first-order valence-corrected chi connectivity index (χ1v) is 5.61. The van der Waals surface area contributed by atoms with E-state index in [2.05, 4.69) is 4.98 Å². The molecule has 0 saturated carbocycles. The van der Waals surface area contributed by atoms with Crippen LogP contribution in [0.3, 0.4) is 0 Å². The Morgan fingerprint density at radius 3 is 2.53 bits per heavy atom. The molecule has 0 bridgehead atoms. The molecule has 2 rings (SSSR count). The minimum atomic E-state index is -1.31. The molecule has 19 heavy (non-hydrogen) atoms. The van der Waals surface area contributed by atoms with Crippen molar-refractivity contribution in [1.82, 2.24) is 9.55 Å². The molecule has 0 saturated heterocycles. The molecule has 0 aliphatic rings. The van der Waals surface area contributed by atoms with Crippen molar-refractivity contribution in [1.29, 1.82) is 0 Å². The number of imidazole rings is 1. The van der Waals surface area contributed by atoms with E-state index in [1.807, 2.05) is 6.07 Å². The summed E-state index contributed by atoms with van der Waals surface area (Å²) < 4.78 is 14.6. The predicted molar refractivity (Wildman–Crippen MR) is 64.4 cm³/mol. The number of carboxylic acids is 1. The smallest absolute Gasteiger partial charge is 0.355 e. The first-order valence-electron chi connectivity index (χ1n) is 5.24. The Balaban J connectivity index is 0.00000180. The van der Waals surface area contributed by atoms with Crippen molar-refractivity contribution in [3.05, 3.63) is 52.8 Å². The molecule has 0 spiro atoms. The first kappa shape index (κ1) is 15.9. The number of hydrogen-bond donors (Lipinski definition) is 1. The van der Waals surface area contributed by atoms with Gasteiger partial charge < -0.3 is 5.11 Å². The van der Waals surface area contributed by atoms with Gasteiger partial charge in [-0.25, -0.2) is 4.79 Å². The van der Waals surface area contributed by atoms with E-state index in [0.29, 0.717) is 0 Å². The molecular formula is C12H10AgClFN2O2. The van der Waals surface area contributed by atoms with Crippen LogP contribution in [0.2, 0.25) is 5.15 Å². The summed E-state index contributed by atoms with van der Waals surface area (Å²) in [6.07, 6.45) is -0.909. The number of hydrogen-bond acceptors (Lipinski definition) is 2. The minimum absolute atomic E-state index is 0. The zero-order valence-electron chi connectivity index (χ0n) is 9.77. The second-order valence-electron chi connectivity index (χ2n) is 3.78. The summed E-state index contributed by atoms with van der Waals surface area (Å²) in [6.45, 7) is 1.68. The van der Waals surface area contributed by atoms with Crippen molar-refractivity contribution in [2.75, 3.05) is 0 Å². The van der Waals surface area contributed by atoms with Gasteiger partial charge in [-0.3, -0.25) is 4.57 Å². The molecule has 0 aliphatic carbocycles. The van der Waals surface area contributed by atoms with Gasteiger partial charge >= 0.3 is 5.97 Å². The van der Waals surface area contributed by atoms with E-state index in [9.17, 15) is 9.18 Å². The quantitative estimate of drug-likeness (QED) is 0.838. The van der Waals surface area contributed by atoms with Gasteiger partial charge in [0.1, 0.15) is 0 Å². The van der Waals surface area contributed by atoms with Crippen LogP contribution < -0.4 is 0 Å². The Hall–Kier alpha value is -1.14. The van der Waals surface area contributed by atoms with E-state index in [4.69, 9.17) is 16.7 Å². The Labute approximate surface area is 129 Å². The molecule has 1 aromatic carbocycles. The molecule has 105 valence electrons. The van der Waals surface area contributed by atoms with Crippen LogP contribution in [0, 0.1) is 6.08 Å². The van der Waals surface area contributed by atoms with Crippen molar-refractivity contribution in [2.24, 2.45) is 0 Å². The Morgan fingerprint density at radius 1 is 1.42 bits per heavy atom. The van der Waals surface area contributed by atoms with Crippen LogP contribution in [0.25, 0.3) is 0 Å². The maximum atomic E-state index is 13.7. The van der Waals surface area contributed by atoms with Crippen LogP contribution in [-0.4, -0.2) is 20.6 Å². The molecule has 7 heteroatoms. The molecule has 1 aromatic heterocycles. The molecule has 0 amide bonds. The fourth-order valence-electron chi connectivity index (χ4n) is 1.80. The Morgan fingerprint density at radius 2 is 2.00 bits per heavy atom. The van der Waals surface area contributed by atoms with Gasteiger partial charge in [0, 0.05) is 22.4 Å². The van der Waals surface area contributed by atoms with Crippen molar-refractivity contribution in [3.63, 3.8) is 0 Å². The van der Waals surface area contributed by atoms with Crippen LogP contribution in [-0.2, 0) is 22.4 Å². The third-order valence-corrected chi connectivity index (χ3v) is 2.96. The topological polar surface area (TPSA) is 55.1 Å². The predicted octanol–water partition coefficient (Wildman–Crippen LogP) is 2.98. The SMILES string of the molecule is CC(c1ccccc1)n1c(F)nc(Cl)c1C(=O)O.[Ag]. The van der Waals surface area contributed by atoms with E-state index in [0.717, 1.165) is 10.1 Å². The van der Waals surface area contributed by atoms with Gasteiger partial charge in [-0.1, -0.05) is 41.9 Å². The van der Waals surface area contributed by atoms with Crippen molar-refractivity contribution in [3.8, 4) is 0 Å². The largest absolute Gasteiger partial charge is 0.476 e. The summed E-state index contributed by atoms with van der Waals surface area (Å²) in [6, 6.07) is 8.47. The standard InChI is InChI=1S/C12H10ClFN2O2.Ag/c1-7(8-5-3-2-4-6-8)16-9(11(17)18)10(13)15-12(16)14;/h2-7H,1H3,(H,17,18);. The van der Waals surface area contributed by atoms with Gasteiger partial charge in [0.25, 0.3) is 6.08 Å². The molecule has 1 radical (unpaired) electrons. The number of carboxylic acid groups (broad SMARTS) is 1. The van der Waals surface area contributed by atoms with Crippen molar-refractivity contribution < 1.29 is 36.7 Å². The summed E-state index contributed by atoms with van der Waals surface area (Å²) in [5, 5.41) is 8.70. The number of nitrogens with zero attached hydrogens (tertiary/aromatic N) is 2. The number of rotatable bonds is 3. The van der Waals surface area contributed by atoms with Gasteiger partial charge in [0.2, 0.25) is 0 Å². The maximum Gasteiger partial charge on any atom is 0.355 e. The van der Waals surface area contributed by atoms with Crippen LogP contribution in [0.5, 0.6) is 0 Å². The Kier molecular flexibility index (Phi) is 5.31. The second kappa shape index (κ2) is 6.34. The van der Waals surface area contributed by atoms with Gasteiger partial charge in [0.15, 0.2) is 10.8 Å². The zero-order chi connectivity index (χ0) is 13.3. The van der Waals surface area contributed by atoms with E-state index in [1.165, 1.54) is 0 Å². The molecule has 0 aliphatic heterocycles. The minimum Gasteiger partial charge on any atom is -0.476 e. The zero-order valence-corrected chi connectivity index (χ0v) is 12.0. The van der Waals surface area contributed by atoms with Crippen LogP contribution in [0.1, 0.15) is 29.0 Å². The third-order valence-electron chi connectivity index (χ3n) is 2.70. The molecule has 1 N–H and O–H groups in total. The van der Waals surface area contributed by atoms with Gasteiger partial charge in [-0.2, -0.15) is 9.37 Å². The fraction of sp³-hybridized carbons (Fsp3) is 0.167. The molecule has 2 aromatic rings. The van der Waals surface area contributed by atoms with E-state index >= 15 is 0 Å². The summed E-state index contributed by atoms with van der Waals surface area (Å²) in [5.74, 6) is -1.31. The number of benzene rings is 1. The number of carbonyl (C=O) groups is 1. The summed E-state index contributed by atoms with van der Waals surface area (Å²) >= 11 is 5.62. The van der Waals surface area contributed by atoms with Crippen molar-refractivity contribution >= 4 is 17.6 Å². The molecule has 1 unspecified atom stereocenters. The molecule has 1 atom stereocenters. The van der Waals surface area contributed by atoms with Crippen LogP contribution >= 0.6 is 11.6 Å². The van der Waals surface area contributed by atoms with Crippen molar-refractivity contribution in [2.45, 2.75) is 13.0 Å². The fourth-order valence-corrected chi connectivity index (χ4v) is 2.05. The average molecular weight is 377 g/mol. The van der Waals surface area contributed by atoms with E-state index in [-0.39, 0.29) is 33.2 Å². The molecular weight excluding hydrogens is 366 g/mol. The van der Waals surface area contributed by atoms with Crippen LogP contribution in [0.4, 0.5) is 4.39 Å².